The molecule has 0 aliphatic heterocycles. The second-order valence-corrected chi connectivity index (χ2v) is 6.76. The number of hydrogen-bond acceptors (Lipinski definition) is 7. The predicted octanol–water partition coefficient (Wildman–Crippen LogP) is 3.68. The molecule has 0 unspecified atom stereocenters. The van der Waals surface area contributed by atoms with Gasteiger partial charge < -0.3 is 24.3 Å². The largest absolute Gasteiger partial charge is 0.497 e. The van der Waals surface area contributed by atoms with Crippen molar-refractivity contribution in [3.8, 4) is 34.4 Å². The Labute approximate surface area is 184 Å². The number of aromatic nitrogens is 3. The van der Waals surface area contributed by atoms with Crippen LogP contribution in [-0.4, -0.2) is 48.9 Å². The van der Waals surface area contributed by atoms with Gasteiger partial charge in [-0.05, 0) is 42.5 Å². The van der Waals surface area contributed by atoms with E-state index in [-0.39, 0.29) is 5.91 Å². The number of carbonyl (C=O) groups excluding carboxylic acids is 1. The predicted molar refractivity (Wildman–Crippen MR) is 119 cm³/mol. The fraction of sp³-hybridized carbons (Fsp3) is 0.174. The highest BCUT2D eigenvalue weighted by atomic mass is 16.5. The van der Waals surface area contributed by atoms with Gasteiger partial charge in [0.2, 0.25) is 5.75 Å². The van der Waals surface area contributed by atoms with Crippen LogP contribution in [0.3, 0.4) is 0 Å². The van der Waals surface area contributed by atoms with Crippen LogP contribution in [-0.2, 0) is 0 Å². The number of pyridine rings is 1. The number of carbonyl (C=O) groups is 1. The molecule has 1 amide bonds. The maximum atomic E-state index is 12.6. The van der Waals surface area contributed by atoms with Crippen LogP contribution in [0.2, 0.25) is 0 Å². The average molecular weight is 434 g/mol. The minimum Gasteiger partial charge on any atom is -0.497 e. The Hall–Kier alpha value is -4.27. The Morgan fingerprint density at radius 1 is 0.906 bits per heavy atom. The first-order chi connectivity index (χ1) is 15.6. The molecule has 0 radical (unpaired) electrons. The number of fused-ring (bicyclic) bond motifs is 1. The lowest BCUT2D eigenvalue weighted by Gasteiger charge is -2.12. The first-order valence-corrected chi connectivity index (χ1v) is 9.68. The zero-order valence-electron chi connectivity index (χ0n) is 18.1. The summed E-state index contributed by atoms with van der Waals surface area (Å²) in [7, 11) is 6.21. The van der Waals surface area contributed by atoms with Gasteiger partial charge in [-0.25, -0.2) is 9.50 Å². The number of amides is 1. The van der Waals surface area contributed by atoms with Crippen LogP contribution in [0.1, 0.15) is 10.4 Å². The average Bonchev–Trinajstić information content (AvgIpc) is 3.26. The van der Waals surface area contributed by atoms with Crippen molar-refractivity contribution in [2.24, 2.45) is 0 Å². The number of nitrogens with zero attached hydrogens (tertiary/aromatic N) is 3. The fourth-order valence-electron chi connectivity index (χ4n) is 3.26. The monoisotopic (exact) mass is 434 g/mol. The van der Waals surface area contributed by atoms with Crippen molar-refractivity contribution in [3.05, 3.63) is 60.3 Å². The molecule has 4 aromatic rings. The molecular weight excluding hydrogens is 412 g/mol. The van der Waals surface area contributed by atoms with E-state index in [4.69, 9.17) is 18.9 Å². The molecule has 2 heterocycles. The first-order valence-electron chi connectivity index (χ1n) is 9.68. The summed E-state index contributed by atoms with van der Waals surface area (Å²) in [6.07, 6.45) is 1.70. The number of nitrogens with one attached hydrogen (secondary N) is 1. The van der Waals surface area contributed by atoms with E-state index < -0.39 is 0 Å². The number of benzene rings is 2. The molecule has 9 nitrogen and oxygen atoms in total. The summed E-state index contributed by atoms with van der Waals surface area (Å²) in [5.74, 6) is 2.33. The van der Waals surface area contributed by atoms with Crippen LogP contribution in [0, 0.1) is 0 Å². The van der Waals surface area contributed by atoms with Crippen LogP contribution in [0.15, 0.2) is 54.7 Å². The summed E-state index contributed by atoms with van der Waals surface area (Å²) in [4.78, 5) is 17.2. The lowest BCUT2D eigenvalue weighted by molar-refractivity contribution is 0.102. The number of hydrogen-bond donors (Lipinski definition) is 1. The number of ether oxygens (including phenoxy) is 4. The van der Waals surface area contributed by atoms with Crippen molar-refractivity contribution < 1.29 is 23.7 Å². The molecule has 4 rings (SSSR count). The van der Waals surface area contributed by atoms with E-state index in [1.807, 2.05) is 0 Å². The van der Waals surface area contributed by atoms with Gasteiger partial charge in [-0.1, -0.05) is 6.07 Å². The normalized spacial score (nSPS) is 10.6. The summed E-state index contributed by atoms with van der Waals surface area (Å²) in [5.41, 5.74) is 2.38. The third kappa shape index (κ3) is 4.00. The Kier molecular flexibility index (Phi) is 5.80. The van der Waals surface area contributed by atoms with Gasteiger partial charge in [0, 0.05) is 11.1 Å². The van der Waals surface area contributed by atoms with E-state index in [0.717, 1.165) is 0 Å². The van der Waals surface area contributed by atoms with Crippen molar-refractivity contribution in [1.82, 2.24) is 14.6 Å². The molecule has 0 atom stereocenters. The summed E-state index contributed by atoms with van der Waals surface area (Å²) in [6.45, 7) is 0. The zero-order valence-corrected chi connectivity index (χ0v) is 18.1. The van der Waals surface area contributed by atoms with Gasteiger partial charge in [-0.2, -0.15) is 0 Å². The summed E-state index contributed by atoms with van der Waals surface area (Å²) in [6, 6.07) is 14.0. The van der Waals surface area contributed by atoms with Gasteiger partial charge in [-0.15, -0.1) is 5.10 Å². The second kappa shape index (κ2) is 8.84. The zero-order chi connectivity index (χ0) is 22.7. The second-order valence-electron chi connectivity index (χ2n) is 6.76. The number of methoxy groups -OCH3 is 4. The Morgan fingerprint density at radius 2 is 1.66 bits per heavy atom. The Morgan fingerprint density at radius 3 is 2.31 bits per heavy atom. The lowest BCUT2D eigenvalue weighted by Crippen LogP contribution is -2.12. The minimum absolute atomic E-state index is 0.256. The maximum Gasteiger partial charge on any atom is 0.255 e. The fourth-order valence-corrected chi connectivity index (χ4v) is 3.26. The topological polar surface area (TPSA) is 96.2 Å². The van der Waals surface area contributed by atoms with Crippen LogP contribution in [0.4, 0.5) is 5.69 Å². The smallest absolute Gasteiger partial charge is 0.255 e. The highest BCUT2D eigenvalue weighted by Crippen LogP contribution is 2.40. The molecule has 2 aromatic carbocycles. The molecule has 1 N–H and O–H groups in total. The highest BCUT2D eigenvalue weighted by molar-refractivity contribution is 6.04. The highest BCUT2D eigenvalue weighted by Gasteiger charge is 2.17. The maximum absolute atomic E-state index is 12.6. The molecule has 9 heteroatoms. The molecule has 0 aliphatic rings. The third-order valence-electron chi connectivity index (χ3n) is 4.84. The molecule has 164 valence electrons. The van der Waals surface area contributed by atoms with Crippen molar-refractivity contribution in [1.29, 1.82) is 0 Å². The first kappa shape index (κ1) is 21.0. The van der Waals surface area contributed by atoms with Crippen LogP contribution in [0.5, 0.6) is 23.0 Å². The molecule has 0 bridgehead atoms. The SMILES string of the molecule is COc1cccc(C(=O)Nc2ccc3nc(-c4cc(OC)c(OC)c(OC)c4)nn3c2)c1. The van der Waals surface area contributed by atoms with E-state index in [2.05, 4.69) is 15.4 Å². The van der Waals surface area contributed by atoms with Crippen molar-refractivity contribution >= 4 is 17.2 Å². The van der Waals surface area contributed by atoms with Gasteiger partial charge in [0.15, 0.2) is 23.0 Å². The number of anilines is 1. The lowest BCUT2D eigenvalue weighted by atomic mass is 10.1. The van der Waals surface area contributed by atoms with Gasteiger partial charge in [-0.3, -0.25) is 4.79 Å². The quantitative estimate of drug-likeness (QED) is 0.474. The van der Waals surface area contributed by atoms with Crippen molar-refractivity contribution in [3.63, 3.8) is 0 Å². The summed E-state index contributed by atoms with van der Waals surface area (Å²) in [5, 5.41) is 7.40. The van der Waals surface area contributed by atoms with Gasteiger partial charge in [0.05, 0.1) is 40.3 Å². The van der Waals surface area contributed by atoms with Gasteiger partial charge in [0.1, 0.15) is 5.75 Å². The van der Waals surface area contributed by atoms with Gasteiger partial charge >= 0.3 is 0 Å². The summed E-state index contributed by atoms with van der Waals surface area (Å²) < 4.78 is 23.0. The molecule has 0 spiro atoms. The third-order valence-corrected chi connectivity index (χ3v) is 4.84. The Bertz CT molecular complexity index is 1260. The molecule has 0 fully saturated rings. The van der Waals surface area contributed by atoms with Crippen LogP contribution >= 0.6 is 0 Å². The van der Waals surface area contributed by atoms with Crippen LogP contribution in [0.25, 0.3) is 17.0 Å². The van der Waals surface area contributed by atoms with Gasteiger partial charge in [0.25, 0.3) is 5.91 Å². The van der Waals surface area contributed by atoms with E-state index in [1.165, 1.54) is 0 Å². The molecule has 0 aliphatic carbocycles. The standard InChI is InChI=1S/C23H22N4O5/c1-29-17-7-5-6-14(10-17)23(28)24-16-8-9-20-25-22(26-27(20)13-16)15-11-18(30-2)21(32-4)19(12-15)31-3/h5-13H,1-4H3,(H,24,28). The molecule has 32 heavy (non-hydrogen) atoms. The van der Waals surface area contributed by atoms with Crippen molar-refractivity contribution in [2.75, 3.05) is 33.8 Å². The summed E-state index contributed by atoms with van der Waals surface area (Å²) >= 11 is 0. The van der Waals surface area contributed by atoms with Crippen molar-refractivity contribution in [2.45, 2.75) is 0 Å². The van der Waals surface area contributed by atoms with E-state index in [1.54, 1.807) is 87.7 Å². The van der Waals surface area contributed by atoms with E-state index >= 15 is 0 Å². The molecular formula is C23H22N4O5. The van der Waals surface area contributed by atoms with E-state index in [0.29, 0.717) is 51.3 Å². The minimum atomic E-state index is -0.256. The Balaban J connectivity index is 1.64. The number of rotatable bonds is 7. The van der Waals surface area contributed by atoms with Crippen LogP contribution < -0.4 is 24.3 Å². The van der Waals surface area contributed by atoms with E-state index in [9.17, 15) is 4.79 Å². The molecule has 2 aromatic heterocycles. The molecule has 0 saturated heterocycles. The molecule has 0 saturated carbocycles.